The first kappa shape index (κ1) is 12.8. The van der Waals surface area contributed by atoms with Crippen LogP contribution >= 0.6 is 0 Å². The zero-order valence-corrected chi connectivity index (χ0v) is 11.3. The summed E-state index contributed by atoms with van der Waals surface area (Å²) < 4.78 is 5.07. The van der Waals surface area contributed by atoms with Gasteiger partial charge in [-0.2, -0.15) is 0 Å². The molecule has 0 atom stereocenters. The summed E-state index contributed by atoms with van der Waals surface area (Å²) in [6.07, 6.45) is 5.34. The number of carbonyl (C=O) groups is 1. The first-order valence-corrected chi connectivity index (χ1v) is 7.03. The average molecular weight is 270 g/mol. The monoisotopic (exact) mass is 270 g/mol. The number of nitrogens with one attached hydrogen (secondary N) is 1. The summed E-state index contributed by atoms with van der Waals surface area (Å²) in [7, 11) is 0. The van der Waals surface area contributed by atoms with Gasteiger partial charge in [0.15, 0.2) is 5.76 Å². The first-order valence-electron chi connectivity index (χ1n) is 7.03. The SMILES string of the molecule is O=C(Nc1ccc(N2CCCCC2)cc1)c1ccco1. The summed E-state index contributed by atoms with van der Waals surface area (Å²) in [6.45, 7) is 2.25. The second-order valence-electron chi connectivity index (χ2n) is 5.03. The number of nitrogens with zero attached hydrogens (tertiary/aromatic N) is 1. The lowest BCUT2D eigenvalue weighted by Gasteiger charge is -2.28. The van der Waals surface area contributed by atoms with Gasteiger partial charge in [-0.15, -0.1) is 0 Å². The number of amides is 1. The molecule has 0 bridgehead atoms. The third-order valence-corrected chi connectivity index (χ3v) is 3.59. The van der Waals surface area contributed by atoms with E-state index < -0.39 is 0 Å². The van der Waals surface area contributed by atoms with Crippen molar-refractivity contribution in [3.63, 3.8) is 0 Å². The molecule has 0 saturated carbocycles. The predicted octanol–water partition coefficient (Wildman–Crippen LogP) is 3.52. The molecule has 1 aromatic heterocycles. The molecule has 4 heteroatoms. The third kappa shape index (κ3) is 2.85. The van der Waals surface area contributed by atoms with E-state index in [4.69, 9.17) is 4.42 Å². The maximum absolute atomic E-state index is 11.8. The van der Waals surface area contributed by atoms with Crippen molar-refractivity contribution >= 4 is 17.3 Å². The van der Waals surface area contributed by atoms with E-state index in [9.17, 15) is 4.79 Å². The van der Waals surface area contributed by atoms with Crippen LogP contribution in [0.2, 0.25) is 0 Å². The highest BCUT2D eigenvalue weighted by Crippen LogP contribution is 2.22. The van der Waals surface area contributed by atoms with Gasteiger partial charge in [-0.25, -0.2) is 0 Å². The van der Waals surface area contributed by atoms with Gasteiger partial charge in [0.2, 0.25) is 0 Å². The van der Waals surface area contributed by atoms with Crippen molar-refractivity contribution in [3.8, 4) is 0 Å². The van der Waals surface area contributed by atoms with Crippen LogP contribution in [0.25, 0.3) is 0 Å². The molecule has 1 aromatic carbocycles. The molecule has 20 heavy (non-hydrogen) atoms. The van der Waals surface area contributed by atoms with Crippen molar-refractivity contribution in [2.75, 3.05) is 23.3 Å². The van der Waals surface area contributed by atoms with Gasteiger partial charge in [-0.05, 0) is 55.7 Å². The Morgan fingerprint density at radius 1 is 1.05 bits per heavy atom. The Hall–Kier alpha value is -2.23. The average Bonchev–Trinajstić information content (AvgIpc) is 3.03. The summed E-state index contributed by atoms with van der Waals surface area (Å²) in [4.78, 5) is 14.2. The van der Waals surface area contributed by atoms with Gasteiger partial charge in [0.1, 0.15) is 0 Å². The fraction of sp³-hybridized carbons (Fsp3) is 0.312. The van der Waals surface area contributed by atoms with Crippen LogP contribution in [-0.2, 0) is 0 Å². The van der Waals surface area contributed by atoms with Gasteiger partial charge in [-0.1, -0.05) is 0 Å². The standard InChI is InChI=1S/C16H18N2O2/c19-16(15-5-4-12-20-15)17-13-6-8-14(9-7-13)18-10-2-1-3-11-18/h4-9,12H,1-3,10-11H2,(H,17,19). The van der Waals surface area contributed by atoms with Gasteiger partial charge in [-0.3, -0.25) is 4.79 Å². The van der Waals surface area contributed by atoms with Crippen LogP contribution in [0.5, 0.6) is 0 Å². The minimum Gasteiger partial charge on any atom is -0.459 e. The third-order valence-electron chi connectivity index (χ3n) is 3.59. The Bertz CT molecular complexity index is 555. The zero-order chi connectivity index (χ0) is 13.8. The van der Waals surface area contributed by atoms with Gasteiger partial charge in [0.05, 0.1) is 6.26 Å². The Labute approximate surface area is 118 Å². The molecule has 1 aliphatic heterocycles. The molecule has 0 unspecified atom stereocenters. The molecular formula is C16H18N2O2. The smallest absolute Gasteiger partial charge is 0.291 e. The fourth-order valence-corrected chi connectivity index (χ4v) is 2.51. The van der Waals surface area contributed by atoms with Gasteiger partial charge >= 0.3 is 0 Å². The molecule has 0 aliphatic carbocycles. The van der Waals surface area contributed by atoms with E-state index in [1.54, 1.807) is 12.1 Å². The molecule has 3 rings (SSSR count). The minimum atomic E-state index is -0.222. The lowest BCUT2D eigenvalue weighted by molar-refractivity contribution is 0.0996. The van der Waals surface area contributed by atoms with Crippen LogP contribution in [0.1, 0.15) is 29.8 Å². The maximum atomic E-state index is 11.8. The van der Waals surface area contributed by atoms with Gasteiger partial charge in [0.25, 0.3) is 5.91 Å². The van der Waals surface area contributed by atoms with E-state index in [2.05, 4.69) is 22.3 Å². The largest absolute Gasteiger partial charge is 0.459 e. The number of benzene rings is 1. The van der Waals surface area contributed by atoms with Crippen LogP contribution in [0.3, 0.4) is 0 Å². The van der Waals surface area contributed by atoms with Crippen molar-refractivity contribution in [2.24, 2.45) is 0 Å². The Morgan fingerprint density at radius 3 is 2.45 bits per heavy atom. The number of furan rings is 1. The molecule has 1 aliphatic rings. The zero-order valence-electron chi connectivity index (χ0n) is 11.3. The van der Waals surface area contributed by atoms with E-state index in [0.717, 1.165) is 18.8 Å². The summed E-state index contributed by atoms with van der Waals surface area (Å²) in [5.41, 5.74) is 2.01. The predicted molar refractivity (Wildman–Crippen MR) is 79.2 cm³/mol. The molecule has 2 heterocycles. The second-order valence-corrected chi connectivity index (χ2v) is 5.03. The van der Waals surface area contributed by atoms with Gasteiger partial charge < -0.3 is 14.6 Å². The van der Waals surface area contributed by atoms with Crippen molar-refractivity contribution in [2.45, 2.75) is 19.3 Å². The van der Waals surface area contributed by atoms with Crippen molar-refractivity contribution in [1.29, 1.82) is 0 Å². The summed E-state index contributed by atoms with van der Waals surface area (Å²) in [5.74, 6) is 0.103. The summed E-state index contributed by atoms with van der Waals surface area (Å²) in [6, 6.07) is 11.3. The van der Waals surface area contributed by atoms with Crippen molar-refractivity contribution < 1.29 is 9.21 Å². The number of hydrogen-bond donors (Lipinski definition) is 1. The van der Waals surface area contributed by atoms with E-state index in [1.807, 2.05) is 12.1 Å². The lowest BCUT2D eigenvalue weighted by Crippen LogP contribution is -2.29. The highest BCUT2D eigenvalue weighted by atomic mass is 16.3. The van der Waals surface area contributed by atoms with E-state index in [-0.39, 0.29) is 5.91 Å². The molecule has 4 nitrogen and oxygen atoms in total. The maximum Gasteiger partial charge on any atom is 0.291 e. The topological polar surface area (TPSA) is 45.5 Å². The molecule has 0 radical (unpaired) electrons. The molecular weight excluding hydrogens is 252 g/mol. The lowest BCUT2D eigenvalue weighted by atomic mass is 10.1. The number of hydrogen-bond acceptors (Lipinski definition) is 3. The second kappa shape index (κ2) is 5.82. The van der Waals surface area contributed by atoms with Crippen molar-refractivity contribution in [1.82, 2.24) is 0 Å². The van der Waals surface area contributed by atoms with E-state index in [1.165, 1.54) is 31.2 Å². The molecule has 0 spiro atoms. The molecule has 104 valence electrons. The summed E-state index contributed by atoms with van der Waals surface area (Å²) >= 11 is 0. The normalized spacial score (nSPS) is 15.1. The Morgan fingerprint density at radius 2 is 1.80 bits per heavy atom. The molecule has 1 N–H and O–H groups in total. The molecule has 1 amide bonds. The van der Waals surface area contributed by atoms with E-state index >= 15 is 0 Å². The van der Waals surface area contributed by atoms with Crippen LogP contribution in [0.4, 0.5) is 11.4 Å². The first-order chi connectivity index (χ1) is 9.83. The number of rotatable bonds is 3. The van der Waals surface area contributed by atoms with E-state index in [0.29, 0.717) is 5.76 Å². The Kier molecular flexibility index (Phi) is 3.72. The molecule has 1 saturated heterocycles. The van der Waals surface area contributed by atoms with Crippen molar-refractivity contribution in [3.05, 3.63) is 48.4 Å². The minimum absolute atomic E-state index is 0.222. The highest BCUT2D eigenvalue weighted by molar-refractivity contribution is 6.02. The fourth-order valence-electron chi connectivity index (χ4n) is 2.51. The molecule has 2 aromatic rings. The van der Waals surface area contributed by atoms with Crippen LogP contribution in [0.15, 0.2) is 47.1 Å². The number of carbonyl (C=O) groups excluding carboxylic acids is 1. The Balaban J connectivity index is 1.65. The quantitative estimate of drug-likeness (QED) is 0.928. The summed E-state index contributed by atoms with van der Waals surface area (Å²) in [5, 5.41) is 2.82. The van der Waals surface area contributed by atoms with Crippen LogP contribution in [0, 0.1) is 0 Å². The number of anilines is 2. The number of piperidine rings is 1. The highest BCUT2D eigenvalue weighted by Gasteiger charge is 2.12. The molecule has 1 fully saturated rings. The van der Waals surface area contributed by atoms with Crippen LogP contribution < -0.4 is 10.2 Å². The van der Waals surface area contributed by atoms with Crippen LogP contribution in [-0.4, -0.2) is 19.0 Å². The van der Waals surface area contributed by atoms with Gasteiger partial charge in [0, 0.05) is 24.5 Å².